The molecule has 6 rings (SSSR count). The van der Waals surface area contributed by atoms with Crippen molar-refractivity contribution in [1.82, 2.24) is 4.90 Å². The Balaban J connectivity index is 1.28. The Morgan fingerprint density at radius 1 is 0.651 bits per heavy atom. The molecular weight excluding hydrogens is 568 g/mol. The van der Waals surface area contributed by atoms with Crippen LogP contribution in [0.3, 0.4) is 0 Å². The van der Waals surface area contributed by atoms with Gasteiger partial charge in [0.1, 0.15) is 11.5 Å². The average molecular weight is 595 g/mol. The van der Waals surface area contributed by atoms with Gasteiger partial charge in [-0.15, -0.1) is 0 Å². The van der Waals surface area contributed by atoms with Gasteiger partial charge in [0.25, 0.3) is 23.6 Å². The van der Waals surface area contributed by atoms with Crippen LogP contribution in [0.2, 0.25) is 0 Å². The number of imide groups is 2. The van der Waals surface area contributed by atoms with Gasteiger partial charge in [-0.2, -0.15) is 0 Å². The Bertz CT molecular complexity index is 1980. The van der Waals surface area contributed by atoms with Crippen molar-refractivity contribution in [2.24, 2.45) is 0 Å². The minimum atomic E-state index is -3.93. The smallest absolute Gasteiger partial charge is 0.266 e. The lowest BCUT2D eigenvalue weighted by Crippen LogP contribution is -2.29. The molecule has 0 aliphatic carbocycles. The van der Waals surface area contributed by atoms with Gasteiger partial charge in [0.05, 0.1) is 37.7 Å². The molecule has 0 aromatic heterocycles. The summed E-state index contributed by atoms with van der Waals surface area (Å²) >= 11 is 0. The number of sulfone groups is 1. The second kappa shape index (κ2) is 10.3. The van der Waals surface area contributed by atoms with Gasteiger partial charge in [-0.3, -0.25) is 24.1 Å². The van der Waals surface area contributed by atoms with E-state index < -0.39 is 27.6 Å². The predicted molar refractivity (Wildman–Crippen MR) is 158 cm³/mol. The van der Waals surface area contributed by atoms with Crippen LogP contribution in [0.25, 0.3) is 0 Å². The number of carbonyl (C=O) groups is 4. The van der Waals surface area contributed by atoms with E-state index in [4.69, 9.17) is 4.74 Å². The van der Waals surface area contributed by atoms with E-state index >= 15 is 0 Å². The molecule has 9 nitrogen and oxygen atoms in total. The van der Waals surface area contributed by atoms with Gasteiger partial charge in [-0.25, -0.2) is 13.3 Å². The molecule has 10 heteroatoms. The molecule has 2 aliphatic rings. The standard InChI is InChI=1S/C33H26N2O7S/c1-4-34-30(36)26-13-11-22(17-28(26)31(34)37)42-23-12-14-27-29(18-23)33(39)35(32(27)38)21-8-6-10-25(16-21)43(40,41)24-9-5-7-20(15-24)19(2)3/h5-19H,4H2,1-3H3. The summed E-state index contributed by atoms with van der Waals surface area (Å²) in [6.45, 7) is 5.91. The Morgan fingerprint density at radius 2 is 1.19 bits per heavy atom. The molecule has 0 saturated carbocycles. The van der Waals surface area contributed by atoms with Crippen LogP contribution in [-0.4, -0.2) is 43.5 Å². The van der Waals surface area contributed by atoms with Crippen LogP contribution in [0.4, 0.5) is 5.69 Å². The van der Waals surface area contributed by atoms with Crippen molar-refractivity contribution in [3.63, 3.8) is 0 Å². The number of hydrogen-bond acceptors (Lipinski definition) is 7. The molecule has 43 heavy (non-hydrogen) atoms. The van der Waals surface area contributed by atoms with E-state index in [9.17, 15) is 27.6 Å². The molecule has 4 amide bonds. The summed E-state index contributed by atoms with van der Waals surface area (Å²) in [5, 5.41) is 0. The van der Waals surface area contributed by atoms with Crippen LogP contribution in [0.15, 0.2) is 94.7 Å². The van der Waals surface area contributed by atoms with Crippen molar-refractivity contribution < 1.29 is 32.3 Å². The minimum Gasteiger partial charge on any atom is -0.457 e. The molecule has 0 radical (unpaired) electrons. The van der Waals surface area contributed by atoms with Gasteiger partial charge in [0, 0.05) is 6.54 Å². The fourth-order valence-corrected chi connectivity index (χ4v) is 6.60. The monoisotopic (exact) mass is 594 g/mol. The SMILES string of the molecule is CCN1C(=O)c2ccc(Oc3ccc4c(c3)C(=O)N(c3cccc(S(=O)(=O)c5cccc(C(C)C)c5)c3)C4=O)cc2C1=O. The molecule has 0 N–H and O–H groups in total. The predicted octanol–water partition coefficient (Wildman–Crippen LogP) is 5.85. The largest absolute Gasteiger partial charge is 0.457 e. The maximum atomic E-state index is 13.5. The Kier molecular flexibility index (Phi) is 6.73. The number of fused-ring (bicyclic) bond motifs is 2. The van der Waals surface area contributed by atoms with Crippen molar-refractivity contribution >= 4 is 39.2 Å². The molecular formula is C33H26N2O7S. The highest BCUT2D eigenvalue weighted by molar-refractivity contribution is 7.91. The first-order valence-corrected chi connectivity index (χ1v) is 15.2. The molecule has 216 valence electrons. The summed E-state index contributed by atoms with van der Waals surface area (Å²) in [4.78, 5) is 53.9. The lowest BCUT2D eigenvalue weighted by molar-refractivity contribution is 0.0662. The van der Waals surface area contributed by atoms with Crippen LogP contribution in [0.5, 0.6) is 11.5 Å². The summed E-state index contributed by atoms with van der Waals surface area (Å²) in [6, 6.07) is 21.4. The zero-order valence-electron chi connectivity index (χ0n) is 23.5. The number of amides is 4. The van der Waals surface area contributed by atoms with E-state index in [-0.39, 0.29) is 62.0 Å². The fourth-order valence-electron chi connectivity index (χ4n) is 5.24. The third-order valence-electron chi connectivity index (χ3n) is 7.57. The van der Waals surface area contributed by atoms with Gasteiger partial charge >= 0.3 is 0 Å². The van der Waals surface area contributed by atoms with Crippen molar-refractivity contribution in [1.29, 1.82) is 0 Å². The first-order valence-electron chi connectivity index (χ1n) is 13.7. The number of ether oxygens (including phenoxy) is 1. The quantitative estimate of drug-likeness (QED) is 0.246. The van der Waals surface area contributed by atoms with E-state index in [1.807, 2.05) is 19.9 Å². The molecule has 4 aromatic rings. The highest BCUT2D eigenvalue weighted by Gasteiger charge is 2.38. The van der Waals surface area contributed by atoms with Crippen molar-refractivity contribution in [3.8, 4) is 11.5 Å². The van der Waals surface area contributed by atoms with E-state index in [1.165, 1.54) is 60.7 Å². The Labute approximate surface area is 248 Å². The first-order chi connectivity index (χ1) is 20.5. The summed E-state index contributed by atoms with van der Waals surface area (Å²) in [7, 11) is -3.93. The molecule has 4 aromatic carbocycles. The van der Waals surface area contributed by atoms with Crippen LogP contribution in [0.1, 0.15) is 73.7 Å². The van der Waals surface area contributed by atoms with Gasteiger partial charge in [0.15, 0.2) is 0 Å². The summed E-state index contributed by atoms with van der Waals surface area (Å²) in [6.07, 6.45) is 0. The maximum absolute atomic E-state index is 13.5. The Hall–Kier alpha value is -5.09. The number of carbonyl (C=O) groups excluding carboxylic acids is 4. The number of benzene rings is 4. The van der Waals surface area contributed by atoms with Crippen LogP contribution in [-0.2, 0) is 9.84 Å². The normalized spacial score (nSPS) is 14.5. The van der Waals surface area contributed by atoms with Crippen molar-refractivity contribution in [2.75, 3.05) is 11.4 Å². The second-order valence-electron chi connectivity index (χ2n) is 10.5. The maximum Gasteiger partial charge on any atom is 0.266 e. The summed E-state index contributed by atoms with van der Waals surface area (Å²) in [5.74, 6) is -1.33. The Morgan fingerprint density at radius 3 is 1.81 bits per heavy atom. The van der Waals surface area contributed by atoms with E-state index in [0.29, 0.717) is 5.56 Å². The second-order valence-corrected chi connectivity index (χ2v) is 12.5. The zero-order chi connectivity index (χ0) is 30.6. The third kappa shape index (κ3) is 4.60. The average Bonchev–Trinajstić information content (AvgIpc) is 3.40. The number of nitrogens with zero attached hydrogens (tertiary/aromatic N) is 2. The first kappa shape index (κ1) is 28.0. The number of anilines is 1. The topological polar surface area (TPSA) is 118 Å². The van der Waals surface area contributed by atoms with Crippen molar-refractivity contribution in [2.45, 2.75) is 36.5 Å². The van der Waals surface area contributed by atoms with Crippen LogP contribution in [0, 0.1) is 0 Å². The zero-order valence-corrected chi connectivity index (χ0v) is 24.3. The van der Waals surface area contributed by atoms with Gasteiger partial charge < -0.3 is 4.74 Å². The third-order valence-corrected chi connectivity index (χ3v) is 9.32. The summed E-state index contributed by atoms with van der Waals surface area (Å²) < 4.78 is 32.8. The lowest BCUT2D eigenvalue weighted by Gasteiger charge is -2.15. The van der Waals surface area contributed by atoms with E-state index in [1.54, 1.807) is 25.1 Å². The highest BCUT2D eigenvalue weighted by Crippen LogP contribution is 2.35. The van der Waals surface area contributed by atoms with E-state index in [0.717, 1.165) is 15.4 Å². The fraction of sp³-hybridized carbons (Fsp3) is 0.152. The summed E-state index contributed by atoms with van der Waals surface area (Å²) in [5.41, 5.74) is 1.75. The lowest BCUT2D eigenvalue weighted by atomic mass is 10.0. The van der Waals surface area contributed by atoms with Gasteiger partial charge in [-0.05, 0) is 85.1 Å². The molecule has 0 bridgehead atoms. The van der Waals surface area contributed by atoms with Gasteiger partial charge in [-0.1, -0.05) is 32.0 Å². The van der Waals surface area contributed by atoms with Crippen LogP contribution >= 0.6 is 0 Å². The minimum absolute atomic E-state index is 0.0437. The number of hydrogen-bond donors (Lipinski definition) is 0. The molecule has 2 heterocycles. The number of rotatable bonds is 7. The highest BCUT2D eigenvalue weighted by atomic mass is 32.2. The molecule has 0 fully saturated rings. The molecule has 2 aliphatic heterocycles. The van der Waals surface area contributed by atoms with Crippen LogP contribution < -0.4 is 9.64 Å². The van der Waals surface area contributed by atoms with Crippen molar-refractivity contribution in [3.05, 3.63) is 113 Å². The molecule has 0 unspecified atom stereocenters. The molecule has 0 spiro atoms. The molecule has 0 saturated heterocycles. The van der Waals surface area contributed by atoms with Gasteiger partial charge in [0.2, 0.25) is 9.84 Å². The van der Waals surface area contributed by atoms with E-state index in [2.05, 4.69) is 0 Å². The molecule has 0 atom stereocenters.